The van der Waals surface area contributed by atoms with Gasteiger partial charge >= 0.3 is 0 Å². The largest absolute Gasteiger partial charge is 0.494 e. The molecular formula is C21H26N2O6. The number of carbonyl (C=O) groups is 2. The standard InChI is InChI=1S/C21H26N2O6/c1-14-7-5-8-16(11-14)29-10-6-9-19(24)22-23-21(25)15-12-17(26-2)20(28-4)18(13-15)27-3/h5,7-8,11-13H,6,9-10H2,1-4H3,(H,22,24)(H,23,25). The van der Waals surface area contributed by atoms with Gasteiger partial charge in [0.1, 0.15) is 5.75 Å². The van der Waals surface area contributed by atoms with Gasteiger partial charge < -0.3 is 18.9 Å². The molecule has 0 radical (unpaired) electrons. The molecule has 0 saturated heterocycles. The Bertz CT molecular complexity index is 828. The van der Waals surface area contributed by atoms with Crippen LogP contribution in [0.25, 0.3) is 0 Å². The molecule has 2 aromatic carbocycles. The Labute approximate surface area is 170 Å². The van der Waals surface area contributed by atoms with Crippen molar-refractivity contribution in [2.45, 2.75) is 19.8 Å². The van der Waals surface area contributed by atoms with E-state index in [1.54, 1.807) is 0 Å². The average Bonchev–Trinajstić information content (AvgIpc) is 2.73. The zero-order valence-electron chi connectivity index (χ0n) is 17.0. The Kier molecular flexibility index (Phi) is 8.14. The van der Waals surface area contributed by atoms with E-state index in [1.807, 2.05) is 31.2 Å². The van der Waals surface area contributed by atoms with E-state index in [0.717, 1.165) is 11.3 Å². The minimum atomic E-state index is -0.506. The van der Waals surface area contributed by atoms with E-state index < -0.39 is 5.91 Å². The average molecular weight is 402 g/mol. The normalized spacial score (nSPS) is 10.1. The summed E-state index contributed by atoms with van der Waals surface area (Å²) < 4.78 is 21.3. The van der Waals surface area contributed by atoms with Crippen molar-refractivity contribution in [3.8, 4) is 23.0 Å². The predicted molar refractivity (Wildman–Crippen MR) is 108 cm³/mol. The van der Waals surface area contributed by atoms with Gasteiger partial charge in [0.2, 0.25) is 11.7 Å². The van der Waals surface area contributed by atoms with Crippen LogP contribution in [0.4, 0.5) is 0 Å². The van der Waals surface area contributed by atoms with Gasteiger partial charge in [-0.2, -0.15) is 0 Å². The van der Waals surface area contributed by atoms with Crippen LogP contribution in [-0.2, 0) is 4.79 Å². The molecule has 0 spiro atoms. The van der Waals surface area contributed by atoms with Gasteiger partial charge in [0, 0.05) is 12.0 Å². The highest BCUT2D eigenvalue weighted by atomic mass is 16.5. The molecule has 8 nitrogen and oxygen atoms in total. The van der Waals surface area contributed by atoms with Crippen LogP contribution in [-0.4, -0.2) is 39.8 Å². The van der Waals surface area contributed by atoms with E-state index in [2.05, 4.69) is 10.9 Å². The zero-order valence-corrected chi connectivity index (χ0v) is 17.0. The number of hydrogen-bond donors (Lipinski definition) is 2. The summed E-state index contributed by atoms with van der Waals surface area (Å²) in [5.74, 6) is 1.01. The van der Waals surface area contributed by atoms with Crippen LogP contribution >= 0.6 is 0 Å². The molecule has 0 bridgehead atoms. The quantitative estimate of drug-likeness (QED) is 0.495. The maximum atomic E-state index is 12.3. The number of nitrogens with one attached hydrogen (secondary N) is 2. The molecule has 0 aliphatic carbocycles. The number of carbonyl (C=O) groups excluding carboxylic acids is 2. The molecule has 2 aromatic rings. The summed E-state index contributed by atoms with van der Waals surface area (Å²) in [5, 5.41) is 0. The Morgan fingerprint density at radius 1 is 0.931 bits per heavy atom. The van der Waals surface area contributed by atoms with Gasteiger partial charge in [0.15, 0.2) is 11.5 Å². The SMILES string of the molecule is COc1cc(C(=O)NNC(=O)CCCOc2cccc(C)c2)cc(OC)c1OC. The van der Waals surface area contributed by atoms with Crippen LogP contribution in [0.3, 0.4) is 0 Å². The van der Waals surface area contributed by atoms with Crippen LogP contribution in [0.15, 0.2) is 36.4 Å². The van der Waals surface area contributed by atoms with Gasteiger partial charge in [-0.15, -0.1) is 0 Å². The second-order valence-corrected chi connectivity index (χ2v) is 6.18. The highest BCUT2D eigenvalue weighted by Crippen LogP contribution is 2.38. The highest BCUT2D eigenvalue weighted by molar-refractivity contribution is 5.96. The summed E-state index contributed by atoms with van der Waals surface area (Å²) in [7, 11) is 4.39. The first-order valence-electron chi connectivity index (χ1n) is 9.07. The number of methoxy groups -OCH3 is 3. The Morgan fingerprint density at radius 2 is 1.62 bits per heavy atom. The number of benzene rings is 2. The minimum absolute atomic E-state index is 0.210. The zero-order chi connectivity index (χ0) is 21.2. The number of rotatable bonds is 9. The summed E-state index contributed by atoms with van der Waals surface area (Å²) in [6, 6.07) is 10.7. The molecule has 8 heteroatoms. The fourth-order valence-corrected chi connectivity index (χ4v) is 2.60. The first-order chi connectivity index (χ1) is 14.0. The van der Waals surface area contributed by atoms with Gasteiger partial charge in [-0.05, 0) is 43.2 Å². The van der Waals surface area contributed by atoms with Crippen molar-refractivity contribution < 1.29 is 28.5 Å². The number of amides is 2. The maximum Gasteiger partial charge on any atom is 0.269 e. The maximum absolute atomic E-state index is 12.3. The molecule has 0 heterocycles. The molecule has 2 N–H and O–H groups in total. The van der Waals surface area contributed by atoms with Gasteiger partial charge in [0.25, 0.3) is 5.91 Å². The van der Waals surface area contributed by atoms with Crippen LogP contribution in [0, 0.1) is 6.92 Å². The molecule has 0 aromatic heterocycles. The second-order valence-electron chi connectivity index (χ2n) is 6.18. The third kappa shape index (κ3) is 6.31. The molecule has 29 heavy (non-hydrogen) atoms. The minimum Gasteiger partial charge on any atom is -0.494 e. The lowest BCUT2D eigenvalue weighted by atomic mass is 10.1. The van der Waals surface area contributed by atoms with Crippen LogP contribution < -0.4 is 29.8 Å². The first kappa shape index (κ1) is 21.9. The summed E-state index contributed by atoms with van der Waals surface area (Å²) in [5.41, 5.74) is 6.12. The van der Waals surface area contributed by atoms with Gasteiger partial charge in [-0.3, -0.25) is 20.4 Å². The van der Waals surface area contributed by atoms with Crippen LogP contribution in [0.1, 0.15) is 28.8 Å². The van der Waals surface area contributed by atoms with Crippen LogP contribution in [0.5, 0.6) is 23.0 Å². The molecule has 0 fully saturated rings. The monoisotopic (exact) mass is 402 g/mol. The van der Waals surface area contributed by atoms with Crippen molar-refractivity contribution in [1.82, 2.24) is 10.9 Å². The Balaban J connectivity index is 1.81. The van der Waals surface area contributed by atoms with Crippen molar-refractivity contribution in [1.29, 1.82) is 0 Å². The van der Waals surface area contributed by atoms with E-state index in [4.69, 9.17) is 18.9 Å². The molecule has 0 aliphatic heterocycles. The van der Waals surface area contributed by atoms with Crippen molar-refractivity contribution in [2.24, 2.45) is 0 Å². The summed E-state index contributed by atoms with van der Waals surface area (Å²) in [6.07, 6.45) is 0.723. The highest BCUT2D eigenvalue weighted by Gasteiger charge is 2.17. The van der Waals surface area contributed by atoms with E-state index in [-0.39, 0.29) is 17.9 Å². The second kappa shape index (κ2) is 10.8. The van der Waals surface area contributed by atoms with E-state index >= 15 is 0 Å². The first-order valence-corrected chi connectivity index (χ1v) is 9.07. The molecule has 2 amide bonds. The lowest BCUT2D eigenvalue weighted by Gasteiger charge is -2.14. The molecule has 0 saturated carbocycles. The number of ether oxygens (including phenoxy) is 4. The number of hydrogen-bond acceptors (Lipinski definition) is 6. The van der Waals surface area contributed by atoms with Gasteiger partial charge in [0.05, 0.1) is 27.9 Å². The molecular weight excluding hydrogens is 376 g/mol. The smallest absolute Gasteiger partial charge is 0.269 e. The van der Waals surface area contributed by atoms with Crippen molar-refractivity contribution >= 4 is 11.8 Å². The van der Waals surface area contributed by atoms with E-state index in [9.17, 15) is 9.59 Å². The summed E-state index contributed by atoms with van der Waals surface area (Å²) >= 11 is 0. The van der Waals surface area contributed by atoms with Crippen molar-refractivity contribution in [3.05, 3.63) is 47.5 Å². The molecule has 156 valence electrons. The third-order valence-electron chi connectivity index (χ3n) is 4.05. The lowest BCUT2D eigenvalue weighted by Crippen LogP contribution is -2.41. The number of hydrazine groups is 1. The molecule has 0 unspecified atom stereocenters. The Hall–Kier alpha value is -3.42. The lowest BCUT2D eigenvalue weighted by molar-refractivity contribution is -0.122. The Morgan fingerprint density at radius 3 is 2.21 bits per heavy atom. The third-order valence-corrected chi connectivity index (χ3v) is 4.05. The predicted octanol–water partition coefficient (Wildman–Crippen LogP) is 2.64. The van der Waals surface area contributed by atoms with Gasteiger partial charge in [-0.25, -0.2) is 0 Å². The molecule has 0 atom stereocenters. The fourth-order valence-electron chi connectivity index (χ4n) is 2.60. The van der Waals surface area contributed by atoms with Crippen molar-refractivity contribution in [2.75, 3.05) is 27.9 Å². The molecule has 0 aliphatic rings. The molecule has 2 rings (SSSR count). The van der Waals surface area contributed by atoms with E-state index in [1.165, 1.54) is 33.5 Å². The summed E-state index contributed by atoms with van der Waals surface area (Å²) in [4.78, 5) is 24.3. The van der Waals surface area contributed by atoms with Gasteiger partial charge in [-0.1, -0.05) is 12.1 Å². The van der Waals surface area contributed by atoms with E-state index in [0.29, 0.717) is 30.3 Å². The summed E-state index contributed by atoms with van der Waals surface area (Å²) in [6.45, 7) is 2.38. The topological polar surface area (TPSA) is 95.1 Å². The van der Waals surface area contributed by atoms with Crippen LogP contribution in [0.2, 0.25) is 0 Å². The van der Waals surface area contributed by atoms with Crippen molar-refractivity contribution in [3.63, 3.8) is 0 Å². The number of aryl methyl sites for hydroxylation is 1. The fraction of sp³-hybridized carbons (Fsp3) is 0.333.